The third-order valence-corrected chi connectivity index (χ3v) is 13.0. The summed E-state index contributed by atoms with van der Waals surface area (Å²) in [6.45, 7) is 10.1. The fourth-order valence-electron chi connectivity index (χ4n) is 7.86. The lowest BCUT2D eigenvalue weighted by atomic mass is 9.87. The second-order valence-electron chi connectivity index (χ2n) is 18.2. The maximum atomic E-state index is 13.3. The molecule has 3 aliphatic heterocycles. The summed E-state index contributed by atoms with van der Waals surface area (Å²) in [6.07, 6.45) is -2.83. The minimum Gasteiger partial charge on any atom is -0.378 e. The van der Waals surface area contributed by atoms with Crippen molar-refractivity contribution >= 4 is 57.9 Å². The Bertz CT molecular complexity index is 2440. The highest BCUT2D eigenvalue weighted by Gasteiger charge is 2.54. The number of hydroxylamine groups is 2. The highest BCUT2D eigenvalue weighted by molar-refractivity contribution is 7.14. The molecule has 2 N–H and O–H groups in total. The van der Waals surface area contributed by atoms with Crippen LogP contribution in [0.2, 0.25) is 0 Å². The van der Waals surface area contributed by atoms with E-state index in [2.05, 4.69) is 25.9 Å². The number of urea groups is 2. The van der Waals surface area contributed by atoms with E-state index in [1.54, 1.807) is 29.1 Å². The van der Waals surface area contributed by atoms with Crippen LogP contribution in [0.4, 0.5) is 33.6 Å². The first-order valence-electron chi connectivity index (χ1n) is 27.1. The Labute approximate surface area is 480 Å². The normalized spacial score (nSPS) is 15.3. The molecule has 0 unspecified atom stereocenters. The van der Waals surface area contributed by atoms with Crippen LogP contribution in [0.1, 0.15) is 37.8 Å². The maximum Gasteiger partial charge on any atom is 0.434 e. The van der Waals surface area contributed by atoms with Gasteiger partial charge < -0.3 is 77.2 Å². The number of thiazole rings is 1. The number of likely N-dealkylation sites (tertiary alicyclic amines) is 1. The number of nitrogens with zero attached hydrogens (tertiary/aromatic N) is 7. The molecule has 3 aliphatic rings. The summed E-state index contributed by atoms with van der Waals surface area (Å²) in [6, 6.07) is 5.76. The Balaban J connectivity index is 0.634. The second kappa shape index (κ2) is 36.7. The molecule has 0 aliphatic carbocycles. The van der Waals surface area contributed by atoms with E-state index < -0.39 is 53.2 Å². The van der Waals surface area contributed by atoms with E-state index >= 15 is 0 Å². The van der Waals surface area contributed by atoms with Crippen LogP contribution in [-0.2, 0) is 93.6 Å². The quantitative estimate of drug-likeness (QED) is 0.0468. The van der Waals surface area contributed by atoms with E-state index in [4.69, 9.17) is 61.7 Å². The Morgan fingerprint density at radius 2 is 1.10 bits per heavy atom. The first kappa shape index (κ1) is 66.3. The number of amides is 7. The molecule has 7 amide bonds. The highest BCUT2D eigenvalue weighted by atomic mass is 32.1. The summed E-state index contributed by atoms with van der Waals surface area (Å²) in [4.78, 5) is 84.2. The standard InChI is InChI=1S/C51H72F3N9O19S/c52-51(53,54)42-38-83-49(56-42)62-46(67)50(57-48(62)69)7-9-60(10-8-50)47(68)55-40-3-1-2-39(36-40)41-37-61(59-58-41)11-13-71-15-17-73-19-21-75-23-25-77-27-29-79-31-33-81-35-34-80-32-30-78-28-26-76-24-22-74-20-18-72-16-14-70-12-6-45(66)82-63-43(64)4-5-44(63)65/h1-3,36-38H,4-35H2,(H,55,68)(H,57,69). The predicted octanol–water partition coefficient (Wildman–Crippen LogP) is 2.74. The number of ether oxygens (including phenoxy) is 12. The van der Waals surface area contributed by atoms with Crippen molar-refractivity contribution in [3.63, 3.8) is 0 Å². The molecule has 462 valence electrons. The molecule has 1 spiro atoms. The van der Waals surface area contributed by atoms with E-state index in [1.165, 1.54) is 4.90 Å². The lowest BCUT2D eigenvalue weighted by Gasteiger charge is -2.37. The molecule has 3 aromatic rings. The molecule has 3 saturated heterocycles. The number of benzene rings is 1. The van der Waals surface area contributed by atoms with Gasteiger partial charge in [0, 0.05) is 42.6 Å². The molecule has 1 aromatic carbocycles. The molecule has 6 rings (SSSR count). The number of halogens is 3. The van der Waals surface area contributed by atoms with Crippen molar-refractivity contribution in [2.45, 2.75) is 50.4 Å². The Hall–Kier alpha value is -5.88. The van der Waals surface area contributed by atoms with E-state index in [0.29, 0.717) is 190 Å². The monoisotopic (exact) mass is 1200 g/mol. The van der Waals surface area contributed by atoms with Gasteiger partial charge in [0.2, 0.25) is 5.13 Å². The van der Waals surface area contributed by atoms with E-state index in [9.17, 15) is 41.9 Å². The van der Waals surface area contributed by atoms with Crippen molar-refractivity contribution < 1.29 is 104 Å². The van der Waals surface area contributed by atoms with Crippen LogP contribution in [0.15, 0.2) is 35.8 Å². The molecule has 3 fully saturated rings. The highest BCUT2D eigenvalue weighted by Crippen LogP contribution is 2.37. The number of imide groups is 2. The Morgan fingerprint density at radius 3 is 1.55 bits per heavy atom. The van der Waals surface area contributed by atoms with Gasteiger partial charge in [-0.3, -0.25) is 14.4 Å². The van der Waals surface area contributed by atoms with Crippen LogP contribution < -0.4 is 15.5 Å². The van der Waals surface area contributed by atoms with Crippen LogP contribution in [0.25, 0.3) is 11.3 Å². The first-order valence-corrected chi connectivity index (χ1v) is 28.0. The Morgan fingerprint density at radius 1 is 0.639 bits per heavy atom. The van der Waals surface area contributed by atoms with Gasteiger partial charge in [-0.25, -0.2) is 28.9 Å². The molecular weight excluding hydrogens is 1130 g/mol. The number of nitrogens with one attached hydrogen (secondary N) is 2. The third-order valence-electron chi connectivity index (χ3n) is 12.2. The van der Waals surface area contributed by atoms with Crippen LogP contribution in [0.5, 0.6) is 0 Å². The topological polar surface area (TPSA) is 300 Å². The van der Waals surface area contributed by atoms with E-state index in [1.807, 2.05) is 6.07 Å². The summed E-state index contributed by atoms with van der Waals surface area (Å²) in [5.74, 6) is -2.46. The SMILES string of the molecule is O=C(CCOCCOCCOCCOCCOCCOCCOCCOCCOCCOCCOCCOCCn1cc(-c2cccc(NC(=O)N3CCC4(CC3)NC(=O)N(c3nc(C(F)(F)F)cs3)C4=O)c2)nn1)ON1C(=O)CCC1=O. The van der Waals surface area contributed by atoms with Crippen molar-refractivity contribution in [3.05, 3.63) is 41.5 Å². The number of anilines is 2. The van der Waals surface area contributed by atoms with E-state index in [0.717, 1.165) is 5.38 Å². The van der Waals surface area contributed by atoms with E-state index in [-0.39, 0.29) is 63.5 Å². The molecule has 5 heterocycles. The number of hydrogen-bond acceptors (Lipinski definition) is 23. The lowest BCUT2D eigenvalue weighted by Crippen LogP contribution is -2.56. The zero-order valence-corrected chi connectivity index (χ0v) is 46.8. The van der Waals surface area contributed by atoms with Crippen LogP contribution in [0.3, 0.4) is 0 Å². The number of hydrogen-bond donors (Lipinski definition) is 2. The number of rotatable bonds is 43. The van der Waals surface area contributed by atoms with Gasteiger partial charge in [-0.1, -0.05) is 17.3 Å². The summed E-state index contributed by atoms with van der Waals surface area (Å²) in [7, 11) is 0. The summed E-state index contributed by atoms with van der Waals surface area (Å²) in [5.41, 5.74) is -0.766. The van der Waals surface area contributed by atoms with Crippen molar-refractivity contribution in [2.75, 3.05) is 182 Å². The molecule has 0 radical (unpaired) electrons. The number of aromatic nitrogens is 4. The van der Waals surface area contributed by atoms with Gasteiger partial charge in [-0.15, -0.1) is 21.5 Å². The van der Waals surface area contributed by atoms with Gasteiger partial charge in [-0.2, -0.15) is 13.2 Å². The summed E-state index contributed by atoms with van der Waals surface area (Å²) in [5, 5.41) is 14.8. The van der Waals surface area contributed by atoms with Gasteiger partial charge in [0.05, 0.1) is 178 Å². The number of piperidine rings is 1. The van der Waals surface area contributed by atoms with Gasteiger partial charge in [0.15, 0.2) is 5.69 Å². The number of carbonyl (C=O) groups is 6. The van der Waals surface area contributed by atoms with Crippen LogP contribution >= 0.6 is 11.3 Å². The van der Waals surface area contributed by atoms with Crippen LogP contribution in [-0.4, -0.2) is 243 Å². The van der Waals surface area contributed by atoms with Crippen molar-refractivity contribution in [3.8, 4) is 11.3 Å². The molecule has 0 bridgehead atoms. The Kier molecular flexibility index (Phi) is 29.3. The number of alkyl halides is 3. The van der Waals surface area contributed by atoms with Crippen molar-refractivity contribution in [1.82, 2.24) is 35.3 Å². The zero-order valence-electron chi connectivity index (χ0n) is 46.0. The average Bonchev–Trinajstić information content (AvgIpc) is 2.56. The number of carbonyl (C=O) groups excluding carboxylic acids is 6. The minimum atomic E-state index is -4.72. The molecule has 0 saturated carbocycles. The predicted molar refractivity (Wildman–Crippen MR) is 283 cm³/mol. The smallest absolute Gasteiger partial charge is 0.378 e. The van der Waals surface area contributed by atoms with Crippen molar-refractivity contribution in [1.29, 1.82) is 0 Å². The minimum absolute atomic E-state index is 0.0445. The summed E-state index contributed by atoms with van der Waals surface area (Å²) < 4.78 is 107. The molecule has 2 aromatic heterocycles. The molecule has 28 nitrogen and oxygen atoms in total. The fraction of sp³-hybridized carbons (Fsp3) is 0.667. The lowest BCUT2D eigenvalue weighted by molar-refractivity contribution is -0.198. The molecule has 32 heteroatoms. The second-order valence-corrected chi connectivity index (χ2v) is 19.0. The first-order chi connectivity index (χ1) is 40.3. The largest absolute Gasteiger partial charge is 0.434 e. The molecule has 0 atom stereocenters. The van der Waals surface area contributed by atoms with Crippen LogP contribution in [0, 0.1) is 0 Å². The molecular formula is C51H72F3N9O19S. The fourth-order valence-corrected chi connectivity index (χ4v) is 8.69. The van der Waals surface area contributed by atoms with Gasteiger partial charge >= 0.3 is 24.2 Å². The third kappa shape index (κ3) is 23.6. The van der Waals surface area contributed by atoms with Gasteiger partial charge in [0.25, 0.3) is 17.7 Å². The average molecular weight is 1200 g/mol. The molecule has 83 heavy (non-hydrogen) atoms. The summed E-state index contributed by atoms with van der Waals surface area (Å²) >= 11 is 0.549. The van der Waals surface area contributed by atoms with Gasteiger partial charge in [-0.05, 0) is 25.0 Å². The zero-order chi connectivity index (χ0) is 59.0. The maximum absolute atomic E-state index is 13.3. The van der Waals surface area contributed by atoms with Crippen molar-refractivity contribution in [2.24, 2.45) is 0 Å². The van der Waals surface area contributed by atoms with Gasteiger partial charge in [0.1, 0.15) is 11.2 Å².